The van der Waals surface area contributed by atoms with Crippen molar-refractivity contribution in [1.29, 1.82) is 0 Å². The van der Waals surface area contributed by atoms with Crippen molar-refractivity contribution in [2.45, 2.75) is 17.7 Å². The molecule has 0 saturated heterocycles. The number of alkyl halides is 3. The SMILES string of the molecule is CS(=O)(=O)c1ncccc1N(Cc1cc(F)c2ccc(Cl)nc2c1)C(=O)c1cnc(C(F)(F)F)nc1. The quantitative estimate of drug-likeness (QED) is 0.272. The van der Waals surface area contributed by atoms with E-state index < -0.39 is 45.1 Å². The number of benzene rings is 1. The number of hydrogen-bond acceptors (Lipinski definition) is 7. The molecule has 3 heterocycles. The molecule has 0 radical (unpaired) electrons. The van der Waals surface area contributed by atoms with Crippen LogP contribution in [0.2, 0.25) is 5.15 Å². The second-order valence-corrected chi connectivity index (χ2v) is 9.88. The highest BCUT2D eigenvalue weighted by Gasteiger charge is 2.35. The summed E-state index contributed by atoms with van der Waals surface area (Å²) < 4.78 is 78.1. The smallest absolute Gasteiger partial charge is 0.301 e. The number of fused-ring (bicyclic) bond motifs is 1. The van der Waals surface area contributed by atoms with E-state index in [0.29, 0.717) is 12.4 Å². The fraction of sp³-hybridized carbons (Fsp3) is 0.136. The maximum absolute atomic E-state index is 14.8. The van der Waals surface area contributed by atoms with Crippen LogP contribution in [0, 0.1) is 5.82 Å². The summed E-state index contributed by atoms with van der Waals surface area (Å²) in [7, 11) is -3.95. The molecule has 0 aliphatic heterocycles. The minimum absolute atomic E-state index is 0.0977. The summed E-state index contributed by atoms with van der Waals surface area (Å²) in [6, 6.07) is 8.06. The summed E-state index contributed by atoms with van der Waals surface area (Å²) in [4.78, 5) is 28.6. The number of anilines is 1. The molecule has 0 atom stereocenters. The van der Waals surface area contributed by atoms with Gasteiger partial charge in [-0.2, -0.15) is 13.2 Å². The number of halogens is 5. The molecular formula is C22H14ClF4N5O3S. The van der Waals surface area contributed by atoms with Gasteiger partial charge in [0, 0.05) is 30.2 Å². The lowest BCUT2D eigenvalue weighted by Gasteiger charge is -2.24. The first-order valence-electron chi connectivity index (χ1n) is 9.95. The predicted octanol–water partition coefficient (Wildman–Crippen LogP) is 4.48. The van der Waals surface area contributed by atoms with Crippen molar-refractivity contribution in [3.05, 3.63) is 82.9 Å². The van der Waals surface area contributed by atoms with E-state index in [1.165, 1.54) is 36.5 Å². The molecule has 186 valence electrons. The van der Waals surface area contributed by atoms with Crippen LogP contribution in [0.1, 0.15) is 21.7 Å². The zero-order valence-electron chi connectivity index (χ0n) is 18.2. The molecule has 0 N–H and O–H groups in total. The van der Waals surface area contributed by atoms with Gasteiger partial charge in [-0.25, -0.2) is 32.7 Å². The van der Waals surface area contributed by atoms with Gasteiger partial charge >= 0.3 is 6.18 Å². The van der Waals surface area contributed by atoms with Crippen LogP contribution in [-0.4, -0.2) is 40.5 Å². The molecule has 1 aromatic carbocycles. The van der Waals surface area contributed by atoms with Crippen LogP contribution in [0.3, 0.4) is 0 Å². The lowest BCUT2D eigenvalue weighted by Crippen LogP contribution is -2.32. The van der Waals surface area contributed by atoms with Crippen LogP contribution < -0.4 is 4.90 Å². The monoisotopic (exact) mass is 539 g/mol. The first-order chi connectivity index (χ1) is 16.8. The molecule has 0 aliphatic carbocycles. The number of aromatic nitrogens is 4. The Balaban J connectivity index is 1.84. The molecule has 0 fully saturated rings. The maximum atomic E-state index is 14.8. The second-order valence-electron chi connectivity index (χ2n) is 7.56. The Bertz CT molecular complexity index is 1580. The zero-order valence-corrected chi connectivity index (χ0v) is 19.7. The van der Waals surface area contributed by atoms with Gasteiger partial charge < -0.3 is 4.90 Å². The van der Waals surface area contributed by atoms with E-state index in [9.17, 15) is 30.8 Å². The summed E-state index contributed by atoms with van der Waals surface area (Å²) in [6.07, 6.45) is -1.41. The molecule has 36 heavy (non-hydrogen) atoms. The predicted molar refractivity (Wildman–Crippen MR) is 122 cm³/mol. The van der Waals surface area contributed by atoms with Gasteiger partial charge in [-0.05, 0) is 42.0 Å². The topological polar surface area (TPSA) is 106 Å². The number of sulfone groups is 1. The number of nitrogens with zero attached hydrogens (tertiary/aromatic N) is 5. The van der Waals surface area contributed by atoms with Gasteiger partial charge in [-0.1, -0.05) is 11.6 Å². The standard InChI is InChI=1S/C22H14ClF4N5O3S/c1-36(34,35)19-17(3-2-6-28-19)32(20(33)13-9-29-21(30-10-13)22(25,26)27)11-12-7-15(24)14-4-5-18(23)31-16(14)8-12/h2-10H,11H2,1H3. The summed E-state index contributed by atoms with van der Waals surface area (Å²) in [5.74, 6) is -3.07. The Kier molecular flexibility index (Phi) is 6.62. The molecule has 3 aromatic heterocycles. The first kappa shape index (κ1) is 25.4. The summed E-state index contributed by atoms with van der Waals surface area (Å²) in [5.41, 5.74) is -0.172. The fourth-order valence-electron chi connectivity index (χ4n) is 3.37. The van der Waals surface area contributed by atoms with Gasteiger partial charge in [-0.15, -0.1) is 0 Å². The Morgan fingerprint density at radius 1 is 1.08 bits per heavy atom. The van der Waals surface area contributed by atoms with Gasteiger partial charge in [0.05, 0.1) is 23.3 Å². The summed E-state index contributed by atoms with van der Waals surface area (Å²) >= 11 is 5.90. The molecule has 0 bridgehead atoms. The van der Waals surface area contributed by atoms with Crippen molar-refractivity contribution in [3.63, 3.8) is 0 Å². The van der Waals surface area contributed by atoms with Crippen molar-refractivity contribution < 1.29 is 30.8 Å². The van der Waals surface area contributed by atoms with Crippen molar-refractivity contribution in [1.82, 2.24) is 19.9 Å². The van der Waals surface area contributed by atoms with E-state index in [1.54, 1.807) is 0 Å². The highest BCUT2D eigenvalue weighted by Crippen LogP contribution is 2.29. The average molecular weight is 540 g/mol. The van der Waals surface area contributed by atoms with Gasteiger partial charge in [0.15, 0.2) is 14.9 Å². The van der Waals surface area contributed by atoms with Crippen molar-refractivity contribution in [2.75, 3.05) is 11.2 Å². The number of carbonyl (C=O) groups is 1. The Labute approximate surface area is 206 Å². The van der Waals surface area contributed by atoms with E-state index >= 15 is 0 Å². The zero-order chi connectivity index (χ0) is 26.3. The van der Waals surface area contributed by atoms with Gasteiger partial charge in [0.25, 0.3) is 5.91 Å². The maximum Gasteiger partial charge on any atom is 0.451 e. The second kappa shape index (κ2) is 9.39. The first-order valence-corrected chi connectivity index (χ1v) is 12.2. The van der Waals surface area contributed by atoms with E-state index in [0.717, 1.165) is 17.2 Å². The minimum Gasteiger partial charge on any atom is -0.301 e. The van der Waals surface area contributed by atoms with Crippen molar-refractivity contribution in [3.8, 4) is 0 Å². The minimum atomic E-state index is -4.83. The van der Waals surface area contributed by atoms with Crippen LogP contribution in [0.15, 0.2) is 60.0 Å². The van der Waals surface area contributed by atoms with Crippen LogP contribution in [-0.2, 0) is 22.6 Å². The highest BCUT2D eigenvalue weighted by atomic mass is 35.5. The Morgan fingerprint density at radius 2 is 1.78 bits per heavy atom. The Morgan fingerprint density at radius 3 is 2.42 bits per heavy atom. The van der Waals surface area contributed by atoms with Crippen molar-refractivity contribution >= 4 is 43.9 Å². The van der Waals surface area contributed by atoms with Gasteiger partial charge in [0.2, 0.25) is 5.82 Å². The van der Waals surface area contributed by atoms with E-state index in [1.807, 2.05) is 0 Å². The molecule has 4 aromatic rings. The van der Waals surface area contributed by atoms with Crippen LogP contribution in [0.25, 0.3) is 10.9 Å². The third-order valence-electron chi connectivity index (χ3n) is 4.91. The molecule has 0 saturated carbocycles. The number of pyridine rings is 2. The average Bonchev–Trinajstić information content (AvgIpc) is 2.81. The summed E-state index contributed by atoms with van der Waals surface area (Å²) in [5, 5.41) is -0.204. The molecule has 4 rings (SSSR count). The number of rotatable bonds is 5. The van der Waals surface area contributed by atoms with Crippen LogP contribution in [0.5, 0.6) is 0 Å². The lowest BCUT2D eigenvalue weighted by molar-refractivity contribution is -0.145. The third kappa shape index (κ3) is 5.26. The van der Waals surface area contributed by atoms with Gasteiger partial charge in [-0.3, -0.25) is 4.79 Å². The molecule has 0 unspecified atom stereocenters. The highest BCUT2D eigenvalue weighted by molar-refractivity contribution is 7.90. The number of amides is 1. The van der Waals surface area contributed by atoms with Crippen molar-refractivity contribution in [2.24, 2.45) is 0 Å². The number of hydrogen-bond donors (Lipinski definition) is 0. The molecule has 14 heteroatoms. The third-order valence-corrected chi connectivity index (χ3v) is 6.14. The molecule has 0 aliphatic rings. The van der Waals surface area contributed by atoms with E-state index in [4.69, 9.17) is 11.6 Å². The largest absolute Gasteiger partial charge is 0.451 e. The fourth-order valence-corrected chi connectivity index (χ4v) is 4.34. The van der Waals surface area contributed by atoms with E-state index in [2.05, 4.69) is 19.9 Å². The molecule has 1 amide bonds. The van der Waals surface area contributed by atoms with Crippen LogP contribution in [0.4, 0.5) is 23.2 Å². The van der Waals surface area contributed by atoms with E-state index in [-0.39, 0.29) is 32.9 Å². The Hall–Kier alpha value is -3.71. The summed E-state index contributed by atoms with van der Waals surface area (Å²) in [6.45, 7) is -0.394. The molecule has 0 spiro atoms. The molecule has 8 nitrogen and oxygen atoms in total. The molecular weight excluding hydrogens is 526 g/mol. The normalized spacial score (nSPS) is 12.1. The lowest BCUT2D eigenvalue weighted by atomic mass is 10.1. The van der Waals surface area contributed by atoms with Gasteiger partial charge in [0.1, 0.15) is 11.0 Å². The van der Waals surface area contributed by atoms with Crippen LogP contribution >= 0.6 is 11.6 Å². The number of carbonyl (C=O) groups excluding carboxylic acids is 1.